The van der Waals surface area contributed by atoms with E-state index < -0.39 is 0 Å². The summed E-state index contributed by atoms with van der Waals surface area (Å²) >= 11 is 11.5. The Kier molecular flexibility index (Phi) is 5.12. The summed E-state index contributed by atoms with van der Waals surface area (Å²) in [7, 11) is 0. The fourth-order valence-corrected chi connectivity index (χ4v) is 3.42. The third kappa shape index (κ3) is 3.36. The summed E-state index contributed by atoms with van der Waals surface area (Å²) in [5.74, 6) is 3.36. The zero-order valence-electron chi connectivity index (χ0n) is 9.88. The van der Waals surface area contributed by atoms with Crippen molar-refractivity contribution in [3.63, 3.8) is 0 Å². The van der Waals surface area contributed by atoms with Gasteiger partial charge in [-0.3, -0.25) is 0 Å². The van der Waals surface area contributed by atoms with Crippen molar-refractivity contribution < 1.29 is 0 Å². The monoisotopic (exact) mass is 334 g/mol. The van der Waals surface area contributed by atoms with Crippen molar-refractivity contribution in [2.75, 3.05) is 5.75 Å². The highest BCUT2D eigenvalue weighted by Crippen LogP contribution is 2.38. The van der Waals surface area contributed by atoms with Crippen molar-refractivity contribution in [2.45, 2.75) is 44.3 Å². The predicted molar refractivity (Wildman–Crippen MR) is 77.8 cm³/mol. The van der Waals surface area contributed by atoms with Crippen LogP contribution in [0.5, 0.6) is 0 Å². The molecule has 2 nitrogen and oxygen atoms in total. The van der Waals surface area contributed by atoms with Crippen LogP contribution in [0.2, 0.25) is 5.15 Å². The van der Waals surface area contributed by atoms with Gasteiger partial charge in [0.05, 0.1) is 15.9 Å². The maximum Gasteiger partial charge on any atom is 0.147 e. The van der Waals surface area contributed by atoms with Gasteiger partial charge in [0.25, 0.3) is 0 Å². The van der Waals surface area contributed by atoms with Crippen molar-refractivity contribution >= 4 is 39.3 Å². The molecule has 1 aliphatic rings. The molecule has 0 unspecified atom stereocenters. The van der Waals surface area contributed by atoms with Gasteiger partial charge in [-0.1, -0.05) is 31.4 Å². The summed E-state index contributed by atoms with van der Waals surface area (Å²) in [5, 5.41) is 0.564. The van der Waals surface area contributed by atoms with Crippen LogP contribution >= 0.6 is 39.3 Å². The third-order valence-electron chi connectivity index (χ3n) is 3.06. The standard InChI is InChI=1S/C12H16BrClN2S/c1-2-17-7-9-15-11(8-5-3-4-6-8)10(13)12(14)16-9/h8H,2-7H2,1H3. The van der Waals surface area contributed by atoms with Crippen LogP contribution < -0.4 is 0 Å². The van der Waals surface area contributed by atoms with Gasteiger partial charge in [0, 0.05) is 5.92 Å². The second kappa shape index (κ2) is 6.39. The topological polar surface area (TPSA) is 25.8 Å². The van der Waals surface area contributed by atoms with Crippen LogP contribution in [-0.2, 0) is 5.75 Å². The molecule has 1 aromatic rings. The lowest BCUT2D eigenvalue weighted by atomic mass is 10.0. The first kappa shape index (κ1) is 13.6. The first-order valence-electron chi connectivity index (χ1n) is 6.02. The van der Waals surface area contributed by atoms with E-state index in [1.807, 2.05) is 11.8 Å². The predicted octanol–water partition coefficient (Wildman–Crippen LogP) is 4.80. The average molecular weight is 336 g/mol. The van der Waals surface area contributed by atoms with Gasteiger partial charge < -0.3 is 0 Å². The van der Waals surface area contributed by atoms with E-state index in [-0.39, 0.29) is 0 Å². The van der Waals surface area contributed by atoms with Gasteiger partial charge in [-0.15, -0.1) is 0 Å². The van der Waals surface area contributed by atoms with Crippen LogP contribution in [-0.4, -0.2) is 15.7 Å². The maximum atomic E-state index is 6.17. The lowest BCUT2D eigenvalue weighted by Crippen LogP contribution is -2.04. The molecule has 0 aliphatic heterocycles. The molecule has 0 bridgehead atoms. The molecule has 94 valence electrons. The molecule has 1 aliphatic carbocycles. The van der Waals surface area contributed by atoms with E-state index >= 15 is 0 Å². The molecular weight excluding hydrogens is 320 g/mol. The molecule has 0 radical (unpaired) electrons. The third-order valence-corrected chi connectivity index (χ3v) is 5.21. The molecule has 0 saturated heterocycles. The highest BCUT2D eigenvalue weighted by molar-refractivity contribution is 9.10. The average Bonchev–Trinajstić information content (AvgIpc) is 2.84. The largest absolute Gasteiger partial charge is 0.235 e. The molecular formula is C12H16BrClN2S. The van der Waals surface area contributed by atoms with Crippen LogP contribution in [0, 0.1) is 0 Å². The Balaban J connectivity index is 2.25. The van der Waals surface area contributed by atoms with Gasteiger partial charge in [0.1, 0.15) is 11.0 Å². The Morgan fingerprint density at radius 2 is 2.06 bits per heavy atom. The smallest absolute Gasteiger partial charge is 0.147 e. The van der Waals surface area contributed by atoms with E-state index in [2.05, 4.69) is 32.8 Å². The van der Waals surface area contributed by atoms with Gasteiger partial charge in [-0.05, 0) is 34.5 Å². The number of hydrogen-bond donors (Lipinski definition) is 0. The van der Waals surface area contributed by atoms with Crippen molar-refractivity contribution in [3.05, 3.63) is 21.1 Å². The molecule has 0 spiro atoms. The van der Waals surface area contributed by atoms with Crippen LogP contribution in [0.4, 0.5) is 0 Å². The zero-order chi connectivity index (χ0) is 12.3. The summed E-state index contributed by atoms with van der Waals surface area (Å²) in [5.41, 5.74) is 1.12. The molecule has 1 fully saturated rings. The maximum absolute atomic E-state index is 6.17. The van der Waals surface area contributed by atoms with Crippen LogP contribution in [0.25, 0.3) is 0 Å². The normalized spacial score (nSPS) is 16.6. The molecule has 1 heterocycles. The minimum Gasteiger partial charge on any atom is -0.235 e. The molecule has 0 N–H and O–H groups in total. The Labute approximate surface area is 120 Å². The zero-order valence-corrected chi connectivity index (χ0v) is 13.0. The van der Waals surface area contributed by atoms with Crippen molar-refractivity contribution in [3.8, 4) is 0 Å². The Bertz CT molecular complexity index is 394. The van der Waals surface area contributed by atoms with E-state index in [9.17, 15) is 0 Å². The van der Waals surface area contributed by atoms with E-state index in [1.54, 1.807) is 0 Å². The van der Waals surface area contributed by atoms with Crippen LogP contribution in [0.3, 0.4) is 0 Å². The van der Waals surface area contributed by atoms with E-state index in [0.29, 0.717) is 11.1 Å². The molecule has 1 aromatic heterocycles. The highest BCUT2D eigenvalue weighted by Gasteiger charge is 2.23. The molecule has 17 heavy (non-hydrogen) atoms. The summed E-state index contributed by atoms with van der Waals surface area (Å²) in [6.07, 6.45) is 5.06. The lowest BCUT2D eigenvalue weighted by molar-refractivity contribution is 0.683. The van der Waals surface area contributed by atoms with E-state index in [0.717, 1.165) is 27.5 Å². The van der Waals surface area contributed by atoms with Crippen LogP contribution in [0.1, 0.15) is 50.0 Å². The van der Waals surface area contributed by atoms with E-state index in [1.165, 1.54) is 25.7 Å². The van der Waals surface area contributed by atoms with Gasteiger partial charge >= 0.3 is 0 Å². The number of rotatable bonds is 4. The van der Waals surface area contributed by atoms with Crippen molar-refractivity contribution in [2.24, 2.45) is 0 Å². The Hall–Kier alpha value is 0.200. The number of thioether (sulfide) groups is 1. The molecule has 0 aromatic carbocycles. The highest BCUT2D eigenvalue weighted by atomic mass is 79.9. The minimum absolute atomic E-state index is 0.564. The Morgan fingerprint density at radius 1 is 1.35 bits per heavy atom. The molecule has 0 amide bonds. The van der Waals surface area contributed by atoms with Crippen molar-refractivity contribution in [1.29, 1.82) is 0 Å². The fraction of sp³-hybridized carbons (Fsp3) is 0.667. The number of aromatic nitrogens is 2. The van der Waals surface area contributed by atoms with Gasteiger partial charge in [0.15, 0.2) is 0 Å². The summed E-state index contributed by atoms with van der Waals surface area (Å²) in [6.45, 7) is 2.14. The Morgan fingerprint density at radius 3 is 2.71 bits per heavy atom. The molecule has 2 rings (SSSR count). The SMILES string of the molecule is CCSCc1nc(Cl)c(Br)c(C2CCCC2)n1. The van der Waals surface area contributed by atoms with E-state index in [4.69, 9.17) is 11.6 Å². The van der Waals surface area contributed by atoms with Gasteiger partial charge in [0.2, 0.25) is 0 Å². The van der Waals surface area contributed by atoms with Crippen molar-refractivity contribution in [1.82, 2.24) is 9.97 Å². The number of hydrogen-bond acceptors (Lipinski definition) is 3. The molecule has 0 atom stereocenters. The number of nitrogens with zero attached hydrogens (tertiary/aromatic N) is 2. The second-order valence-electron chi connectivity index (χ2n) is 4.25. The number of halogens is 2. The second-order valence-corrected chi connectivity index (χ2v) is 6.67. The van der Waals surface area contributed by atoms with Crippen LogP contribution in [0.15, 0.2) is 4.47 Å². The lowest BCUT2D eigenvalue weighted by Gasteiger charge is -2.13. The first-order valence-corrected chi connectivity index (χ1v) is 8.34. The first-order chi connectivity index (χ1) is 8.22. The molecule has 1 saturated carbocycles. The summed E-state index contributed by atoms with van der Waals surface area (Å²) in [6, 6.07) is 0. The summed E-state index contributed by atoms with van der Waals surface area (Å²) in [4.78, 5) is 9.02. The summed E-state index contributed by atoms with van der Waals surface area (Å²) < 4.78 is 0.899. The van der Waals surface area contributed by atoms with Gasteiger partial charge in [-0.2, -0.15) is 11.8 Å². The minimum atomic E-state index is 0.564. The van der Waals surface area contributed by atoms with Gasteiger partial charge in [-0.25, -0.2) is 9.97 Å². The quantitative estimate of drug-likeness (QED) is 0.739. The molecule has 5 heteroatoms. The fourth-order valence-electron chi connectivity index (χ4n) is 2.21.